The van der Waals surface area contributed by atoms with E-state index in [4.69, 9.17) is 26.2 Å². The number of aromatic carboxylic acids is 1. The third-order valence-electron chi connectivity index (χ3n) is 2.24. The van der Waals surface area contributed by atoms with Crippen LogP contribution >= 0.6 is 11.6 Å². The second-order valence-corrected chi connectivity index (χ2v) is 3.85. The topological polar surface area (TPSA) is 182 Å². The smallest absolute Gasteiger partial charge is 0.342 e. The molecule has 11 heteroatoms. The zero-order chi connectivity index (χ0) is 16.4. The average Bonchev–Trinajstić information content (AvgIpc) is 2.48. The fourth-order valence-corrected chi connectivity index (χ4v) is 1.49. The molecule has 1 aromatic rings. The predicted molar refractivity (Wildman–Crippen MR) is 79.4 cm³/mol. The summed E-state index contributed by atoms with van der Waals surface area (Å²) >= 11 is 5.50. The second-order valence-electron chi connectivity index (χ2n) is 3.47. The lowest BCUT2D eigenvalue weighted by atomic mass is 10.1. The number of rotatable bonds is 7. The number of hydrazine groups is 1. The van der Waals surface area contributed by atoms with E-state index in [0.29, 0.717) is 12.3 Å². The Labute approximate surface area is 131 Å². The van der Waals surface area contributed by atoms with Crippen LogP contribution in [0.2, 0.25) is 0 Å². The molecule has 22 heavy (non-hydrogen) atoms. The Morgan fingerprint density at radius 2 is 2.00 bits per heavy atom. The van der Waals surface area contributed by atoms with Crippen molar-refractivity contribution >= 4 is 23.3 Å². The van der Waals surface area contributed by atoms with Gasteiger partial charge in [-0.2, -0.15) is 0 Å². The number of alkyl halides is 1. The van der Waals surface area contributed by atoms with Gasteiger partial charge in [-0.15, -0.1) is 11.6 Å². The van der Waals surface area contributed by atoms with Gasteiger partial charge in [0.15, 0.2) is 11.5 Å². The van der Waals surface area contributed by atoms with E-state index >= 15 is 0 Å². The van der Waals surface area contributed by atoms with Crippen LogP contribution in [0.15, 0.2) is 12.1 Å². The van der Waals surface area contributed by atoms with Crippen LogP contribution in [0, 0.1) is 10.1 Å². The number of methoxy groups -OCH3 is 1. The average molecular weight is 340 g/mol. The number of hydrogen-bond donors (Lipinski definition) is 3. The molecule has 0 saturated heterocycles. The molecule has 126 valence electrons. The van der Waals surface area contributed by atoms with E-state index in [1.165, 1.54) is 7.11 Å². The first-order valence-electron chi connectivity index (χ1n) is 5.63. The largest absolute Gasteiger partial charge is 0.493 e. The first-order valence-corrected chi connectivity index (χ1v) is 6.16. The Morgan fingerprint density at radius 1 is 1.41 bits per heavy atom. The molecule has 1 aromatic carbocycles. The van der Waals surface area contributed by atoms with Gasteiger partial charge in [-0.1, -0.05) is 0 Å². The maximum absolute atomic E-state index is 11.0. The summed E-state index contributed by atoms with van der Waals surface area (Å²) in [6, 6.07) is 2.10. The third kappa shape index (κ3) is 6.10. The number of carboxylic acid groups (broad SMARTS) is 1. The fourth-order valence-electron chi connectivity index (χ4n) is 1.38. The SMILES string of the molecule is COc1cc([N+](=O)[O-])c(C(=O)O)cc1OCCCCl.NN.O. The molecule has 7 N–H and O–H groups in total. The van der Waals surface area contributed by atoms with E-state index < -0.39 is 22.1 Å². The number of nitro groups is 1. The lowest BCUT2D eigenvalue weighted by Crippen LogP contribution is -2.06. The zero-order valence-electron chi connectivity index (χ0n) is 11.7. The van der Waals surface area contributed by atoms with Gasteiger partial charge in [0.05, 0.1) is 24.7 Å². The molecule has 0 amide bonds. The van der Waals surface area contributed by atoms with E-state index in [2.05, 4.69) is 11.7 Å². The molecule has 0 spiro atoms. The third-order valence-corrected chi connectivity index (χ3v) is 2.51. The van der Waals surface area contributed by atoms with Crippen molar-refractivity contribution in [3.63, 3.8) is 0 Å². The molecule has 0 heterocycles. The molecule has 0 saturated carbocycles. The quantitative estimate of drug-likeness (QED) is 0.208. The maximum atomic E-state index is 11.0. The summed E-state index contributed by atoms with van der Waals surface area (Å²) in [5.74, 6) is 7.22. The van der Waals surface area contributed by atoms with Crippen LogP contribution < -0.4 is 21.2 Å². The van der Waals surface area contributed by atoms with Gasteiger partial charge in [-0.05, 0) is 6.42 Å². The Hall–Kier alpha value is -2.14. The summed E-state index contributed by atoms with van der Waals surface area (Å²) in [7, 11) is 1.31. The van der Waals surface area contributed by atoms with Crippen molar-refractivity contribution in [3.8, 4) is 11.5 Å². The van der Waals surface area contributed by atoms with Crippen LogP contribution in [0.1, 0.15) is 16.8 Å². The molecule has 0 aliphatic rings. The van der Waals surface area contributed by atoms with E-state index in [1.807, 2.05) is 0 Å². The van der Waals surface area contributed by atoms with Gasteiger partial charge in [-0.3, -0.25) is 21.8 Å². The van der Waals surface area contributed by atoms with E-state index in [-0.39, 0.29) is 23.6 Å². The first kappa shape index (κ1) is 22.1. The lowest BCUT2D eigenvalue weighted by Gasteiger charge is -2.11. The van der Waals surface area contributed by atoms with Crippen molar-refractivity contribution in [1.82, 2.24) is 0 Å². The predicted octanol–water partition coefficient (Wildman–Crippen LogP) is 0.303. The molecule has 10 nitrogen and oxygen atoms in total. The van der Waals surface area contributed by atoms with E-state index in [1.54, 1.807) is 0 Å². The summed E-state index contributed by atoms with van der Waals surface area (Å²) in [6.45, 7) is 0.261. The molecule has 0 atom stereocenters. The lowest BCUT2D eigenvalue weighted by molar-refractivity contribution is -0.385. The molecule has 0 radical (unpaired) electrons. The standard InChI is InChI=1S/C11H12ClNO6.H4N2.H2O/c1-18-9-6-8(13(16)17)7(11(14)15)5-10(9)19-4-2-3-12;1-2;/h5-6H,2-4H2,1H3,(H,14,15);1-2H2;1H2. The van der Waals surface area contributed by atoms with Crippen molar-refractivity contribution in [2.75, 3.05) is 19.6 Å². The molecule has 0 aliphatic carbocycles. The number of hydrogen-bond acceptors (Lipinski definition) is 7. The van der Waals surface area contributed by atoms with Crippen LogP contribution in [0.5, 0.6) is 11.5 Å². The number of nitrogens with two attached hydrogens (primary N) is 2. The van der Waals surface area contributed by atoms with Gasteiger partial charge < -0.3 is 20.1 Å². The molecule has 1 rings (SSSR count). The number of halogens is 1. The first-order chi connectivity index (χ1) is 10.0. The van der Waals surface area contributed by atoms with Gasteiger partial charge in [-0.25, -0.2) is 4.79 Å². The minimum atomic E-state index is -1.41. The number of carboxylic acids is 1. The van der Waals surface area contributed by atoms with Gasteiger partial charge in [0.1, 0.15) is 5.56 Å². The summed E-state index contributed by atoms with van der Waals surface area (Å²) in [6.07, 6.45) is 0.560. The number of ether oxygens (including phenoxy) is 2. The summed E-state index contributed by atoms with van der Waals surface area (Å²) < 4.78 is 10.2. The Morgan fingerprint density at radius 3 is 2.41 bits per heavy atom. The monoisotopic (exact) mass is 339 g/mol. The van der Waals surface area contributed by atoms with Crippen molar-refractivity contribution in [2.45, 2.75) is 6.42 Å². The van der Waals surface area contributed by atoms with E-state index in [0.717, 1.165) is 12.1 Å². The van der Waals surface area contributed by atoms with Gasteiger partial charge in [0, 0.05) is 11.9 Å². The highest BCUT2D eigenvalue weighted by atomic mass is 35.5. The van der Waals surface area contributed by atoms with Crippen LogP contribution in [0.4, 0.5) is 5.69 Å². The molecule has 0 fully saturated rings. The number of benzene rings is 1. The number of carbonyl (C=O) groups is 1. The Kier molecular flexibility index (Phi) is 11.6. The van der Waals surface area contributed by atoms with Gasteiger partial charge in [0.25, 0.3) is 5.69 Å². The Balaban J connectivity index is 0. The normalized spacial score (nSPS) is 8.91. The number of nitrogens with zero attached hydrogens (tertiary/aromatic N) is 1. The molecule has 0 unspecified atom stereocenters. The second kappa shape index (κ2) is 11.5. The van der Waals surface area contributed by atoms with Gasteiger partial charge >= 0.3 is 5.97 Å². The molecule has 0 aromatic heterocycles. The minimum absolute atomic E-state index is 0. The Bertz CT molecular complexity index is 499. The highest BCUT2D eigenvalue weighted by Crippen LogP contribution is 2.34. The van der Waals surface area contributed by atoms with Crippen molar-refractivity contribution < 1.29 is 29.8 Å². The summed E-state index contributed by atoms with van der Waals surface area (Å²) in [5.41, 5.74) is -0.999. The molecule has 0 aliphatic heterocycles. The van der Waals surface area contributed by atoms with Gasteiger partial charge in [0.2, 0.25) is 0 Å². The van der Waals surface area contributed by atoms with Crippen molar-refractivity contribution in [1.29, 1.82) is 0 Å². The van der Waals surface area contributed by atoms with E-state index in [9.17, 15) is 14.9 Å². The number of nitro benzene ring substituents is 1. The minimum Gasteiger partial charge on any atom is -0.493 e. The maximum Gasteiger partial charge on any atom is 0.342 e. The highest BCUT2D eigenvalue weighted by Gasteiger charge is 2.24. The van der Waals surface area contributed by atoms with Crippen molar-refractivity contribution in [2.24, 2.45) is 11.7 Å². The summed E-state index contributed by atoms with van der Waals surface area (Å²) in [5, 5.41) is 19.7. The molecular formula is C11H18ClN3O7. The van der Waals surface area contributed by atoms with Crippen LogP contribution in [0.25, 0.3) is 0 Å². The van der Waals surface area contributed by atoms with Crippen molar-refractivity contribution in [3.05, 3.63) is 27.8 Å². The highest BCUT2D eigenvalue weighted by molar-refractivity contribution is 6.17. The molecular weight excluding hydrogens is 322 g/mol. The zero-order valence-corrected chi connectivity index (χ0v) is 12.5. The fraction of sp³-hybridized carbons (Fsp3) is 0.364. The van der Waals surface area contributed by atoms with Crippen LogP contribution in [0.3, 0.4) is 0 Å². The van der Waals surface area contributed by atoms with Crippen LogP contribution in [-0.4, -0.2) is 41.1 Å². The molecule has 0 bridgehead atoms. The van der Waals surface area contributed by atoms with Crippen LogP contribution in [-0.2, 0) is 0 Å². The summed E-state index contributed by atoms with van der Waals surface area (Å²) in [4.78, 5) is 21.0.